The first-order chi connectivity index (χ1) is 9.58. The van der Waals surface area contributed by atoms with Gasteiger partial charge in [-0.05, 0) is 0 Å². The van der Waals surface area contributed by atoms with Gasteiger partial charge in [-0.3, -0.25) is 29.7 Å². The van der Waals surface area contributed by atoms with Crippen LogP contribution in [0, 0.1) is 0 Å². The maximum Gasteiger partial charge on any atom is 0.394 e. The van der Waals surface area contributed by atoms with Crippen LogP contribution < -0.4 is 33.6 Å². The Kier molecular flexibility index (Phi) is 11.7. The third kappa shape index (κ3) is 16.7. The summed E-state index contributed by atoms with van der Waals surface area (Å²) in [5.74, 6) is 1.30. The molecule has 22 heavy (non-hydrogen) atoms. The third-order valence-corrected chi connectivity index (χ3v) is 2.13. The van der Waals surface area contributed by atoms with Crippen molar-refractivity contribution in [3.05, 3.63) is 0 Å². The molecule has 0 saturated heterocycles. The summed E-state index contributed by atoms with van der Waals surface area (Å²) in [6.45, 7) is 1.12. The highest BCUT2D eigenvalue weighted by Crippen LogP contribution is 1.90. The SMILES string of the molecule is NC1=NCNC(N)C1.NC1=NCNC(N)C1.O.O=S(=O)(O)O. The van der Waals surface area contributed by atoms with Gasteiger partial charge in [-0.1, -0.05) is 0 Å². The van der Waals surface area contributed by atoms with Crippen LogP contribution >= 0.6 is 0 Å². The van der Waals surface area contributed by atoms with E-state index in [1.807, 2.05) is 0 Å². The Balaban J connectivity index is 0. The molecule has 14 heteroatoms. The summed E-state index contributed by atoms with van der Waals surface area (Å²) in [5.41, 5.74) is 21.6. The zero-order valence-electron chi connectivity index (χ0n) is 11.8. The molecule has 0 saturated carbocycles. The van der Waals surface area contributed by atoms with Crippen molar-refractivity contribution >= 4 is 22.1 Å². The second kappa shape index (κ2) is 11.2. The number of amidine groups is 2. The maximum absolute atomic E-state index is 8.74. The highest BCUT2D eigenvalue weighted by atomic mass is 32.3. The van der Waals surface area contributed by atoms with Gasteiger partial charge in [0.25, 0.3) is 0 Å². The number of hydrogen-bond acceptors (Lipinski definition) is 10. The van der Waals surface area contributed by atoms with Gasteiger partial charge in [0.2, 0.25) is 0 Å². The Bertz CT molecular complexity index is 431. The minimum atomic E-state index is -4.67. The molecule has 0 aromatic carbocycles. The lowest BCUT2D eigenvalue weighted by Crippen LogP contribution is -2.44. The van der Waals surface area contributed by atoms with E-state index >= 15 is 0 Å². The lowest BCUT2D eigenvalue weighted by atomic mass is 10.3. The van der Waals surface area contributed by atoms with E-state index in [0.717, 1.165) is 0 Å². The van der Waals surface area contributed by atoms with E-state index in [2.05, 4.69) is 20.6 Å². The van der Waals surface area contributed by atoms with E-state index in [0.29, 0.717) is 37.9 Å². The van der Waals surface area contributed by atoms with Crippen LogP contribution in [0.5, 0.6) is 0 Å². The summed E-state index contributed by atoms with van der Waals surface area (Å²) in [7, 11) is -4.67. The predicted molar refractivity (Wildman–Crippen MR) is 82.2 cm³/mol. The van der Waals surface area contributed by atoms with Crippen LogP contribution in [-0.2, 0) is 10.4 Å². The normalized spacial score (nSPS) is 24.2. The van der Waals surface area contributed by atoms with Crippen LogP contribution in [-0.4, -0.2) is 60.3 Å². The van der Waals surface area contributed by atoms with E-state index in [-0.39, 0.29) is 17.8 Å². The van der Waals surface area contributed by atoms with E-state index in [1.165, 1.54) is 0 Å². The molecular formula is C8H24N8O5S. The molecule has 0 radical (unpaired) electrons. The molecule has 0 aromatic heterocycles. The van der Waals surface area contributed by atoms with Crippen molar-refractivity contribution in [2.45, 2.75) is 25.2 Å². The Hall–Kier alpha value is -1.39. The van der Waals surface area contributed by atoms with Crippen molar-refractivity contribution in [3.8, 4) is 0 Å². The van der Waals surface area contributed by atoms with Crippen molar-refractivity contribution in [1.82, 2.24) is 10.6 Å². The average Bonchev–Trinajstić information content (AvgIpc) is 2.26. The van der Waals surface area contributed by atoms with Crippen molar-refractivity contribution in [1.29, 1.82) is 0 Å². The molecular weight excluding hydrogens is 320 g/mol. The van der Waals surface area contributed by atoms with Gasteiger partial charge in [-0.15, -0.1) is 0 Å². The van der Waals surface area contributed by atoms with Crippen LogP contribution in [0.25, 0.3) is 0 Å². The second-order valence-electron chi connectivity index (χ2n) is 4.09. The van der Waals surface area contributed by atoms with Crippen molar-refractivity contribution in [2.75, 3.05) is 13.3 Å². The summed E-state index contributed by atoms with van der Waals surface area (Å²) in [6, 6.07) is 0. The zero-order valence-corrected chi connectivity index (χ0v) is 12.6. The van der Waals surface area contributed by atoms with Gasteiger partial charge in [-0.25, -0.2) is 0 Å². The van der Waals surface area contributed by atoms with Gasteiger partial charge < -0.3 is 28.4 Å². The minimum Gasteiger partial charge on any atom is -0.412 e. The smallest absolute Gasteiger partial charge is 0.394 e. The molecule has 2 rings (SSSR count). The summed E-state index contributed by atoms with van der Waals surface area (Å²) >= 11 is 0. The number of nitrogens with two attached hydrogens (primary N) is 4. The molecule has 2 atom stereocenters. The van der Waals surface area contributed by atoms with Gasteiger partial charge >= 0.3 is 10.4 Å². The minimum absolute atomic E-state index is 0. The number of hydrogen-bond donors (Lipinski definition) is 8. The monoisotopic (exact) mass is 344 g/mol. The van der Waals surface area contributed by atoms with Crippen LogP contribution in [0.2, 0.25) is 0 Å². The Labute approximate surface area is 128 Å². The number of rotatable bonds is 0. The molecule has 0 aromatic rings. The van der Waals surface area contributed by atoms with Crippen LogP contribution in [0.15, 0.2) is 9.98 Å². The van der Waals surface area contributed by atoms with Crippen molar-refractivity contribution in [3.63, 3.8) is 0 Å². The Morgan fingerprint density at radius 2 is 1.23 bits per heavy atom. The van der Waals surface area contributed by atoms with Gasteiger partial charge in [-0.2, -0.15) is 8.42 Å². The lowest BCUT2D eigenvalue weighted by molar-refractivity contribution is 0.381. The molecule has 0 fully saturated rings. The quantitative estimate of drug-likeness (QED) is 0.196. The van der Waals surface area contributed by atoms with Gasteiger partial charge in [0.15, 0.2) is 0 Å². The molecule has 2 aliphatic heterocycles. The van der Waals surface area contributed by atoms with Crippen LogP contribution in [0.3, 0.4) is 0 Å². The number of aliphatic imine (C=N–C) groups is 2. The third-order valence-electron chi connectivity index (χ3n) is 2.13. The summed E-state index contributed by atoms with van der Waals surface area (Å²) in [4.78, 5) is 7.77. The maximum atomic E-state index is 8.74. The highest BCUT2D eigenvalue weighted by Gasteiger charge is 2.07. The van der Waals surface area contributed by atoms with Gasteiger partial charge in [0.05, 0.1) is 37.3 Å². The molecule has 14 N–H and O–H groups in total. The first kappa shape index (κ1) is 22.9. The Morgan fingerprint density at radius 1 is 0.955 bits per heavy atom. The van der Waals surface area contributed by atoms with Crippen molar-refractivity contribution < 1.29 is 23.0 Å². The van der Waals surface area contributed by atoms with Crippen molar-refractivity contribution in [2.24, 2.45) is 32.9 Å². The molecule has 0 aliphatic carbocycles. The second-order valence-corrected chi connectivity index (χ2v) is 4.99. The molecule has 13 nitrogen and oxygen atoms in total. The average molecular weight is 344 g/mol. The van der Waals surface area contributed by atoms with Crippen LogP contribution in [0.1, 0.15) is 12.8 Å². The van der Waals surface area contributed by atoms with E-state index < -0.39 is 10.4 Å². The van der Waals surface area contributed by atoms with E-state index in [1.54, 1.807) is 0 Å². The fourth-order valence-corrected chi connectivity index (χ4v) is 1.25. The van der Waals surface area contributed by atoms with E-state index in [9.17, 15) is 0 Å². The largest absolute Gasteiger partial charge is 0.412 e. The standard InChI is InChI=1S/2C4H10N4.H2O4S.H2O/c2*5-3-1-4(6)8-2-7-3;1-5(2,3)4;/h2*3,7H,1-2,5H2,(H2,6,8);(H2,1,2,3,4);1H2. The molecule has 132 valence electrons. The van der Waals surface area contributed by atoms with E-state index in [4.69, 9.17) is 40.5 Å². The fraction of sp³-hybridized carbons (Fsp3) is 0.750. The first-order valence-corrected chi connectivity index (χ1v) is 7.23. The van der Waals surface area contributed by atoms with Crippen LogP contribution in [0.4, 0.5) is 0 Å². The number of nitrogens with one attached hydrogen (secondary N) is 2. The summed E-state index contributed by atoms with van der Waals surface area (Å²) in [5, 5.41) is 5.85. The molecule has 2 heterocycles. The van der Waals surface area contributed by atoms with Gasteiger partial charge in [0, 0.05) is 12.8 Å². The lowest BCUT2D eigenvalue weighted by Gasteiger charge is -2.16. The number of nitrogens with zero attached hydrogens (tertiary/aromatic N) is 2. The molecule has 2 unspecified atom stereocenters. The zero-order chi connectivity index (χ0) is 16.5. The molecule has 0 bridgehead atoms. The summed E-state index contributed by atoms with van der Waals surface area (Å²) in [6.07, 6.45) is 1.35. The predicted octanol–water partition coefficient (Wildman–Crippen LogP) is -4.32. The highest BCUT2D eigenvalue weighted by molar-refractivity contribution is 7.79. The molecule has 2 aliphatic rings. The Morgan fingerprint density at radius 3 is 1.36 bits per heavy atom. The summed E-state index contributed by atoms with van der Waals surface area (Å²) < 4.78 is 31.6. The molecule has 0 amide bonds. The molecule has 0 spiro atoms. The first-order valence-electron chi connectivity index (χ1n) is 5.83. The fourth-order valence-electron chi connectivity index (χ4n) is 1.25. The van der Waals surface area contributed by atoms with Gasteiger partial charge in [0.1, 0.15) is 0 Å². The topological polar surface area (TPSA) is 259 Å².